The maximum Gasteiger partial charge on any atom is 0.0992 e. The van der Waals surface area contributed by atoms with Gasteiger partial charge in [0.1, 0.15) is 0 Å². The number of nitrogens with zero attached hydrogens (tertiary/aromatic N) is 3. The highest BCUT2D eigenvalue weighted by Crippen LogP contribution is 2.14. The van der Waals surface area contributed by atoms with Crippen molar-refractivity contribution in [3.63, 3.8) is 0 Å². The molecule has 3 nitrogen and oxygen atoms in total. The number of rotatable bonds is 2. The van der Waals surface area contributed by atoms with Crippen LogP contribution in [-0.2, 0) is 5.33 Å². The van der Waals surface area contributed by atoms with Crippen molar-refractivity contribution in [2.75, 3.05) is 0 Å². The van der Waals surface area contributed by atoms with Crippen molar-refractivity contribution >= 4 is 15.9 Å². The Kier molecular flexibility index (Phi) is 2.84. The van der Waals surface area contributed by atoms with E-state index in [0.29, 0.717) is 5.56 Å². The van der Waals surface area contributed by atoms with Crippen LogP contribution in [0.3, 0.4) is 0 Å². The highest BCUT2D eigenvalue weighted by atomic mass is 79.9. The third-order valence-corrected chi connectivity index (χ3v) is 2.65. The van der Waals surface area contributed by atoms with Crippen LogP contribution in [0.15, 0.2) is 36.5 Å². The Morgan fingerprint density at radius 1 is 1.40 bits per heavy atom. The zero-order valence-corrected chi connectivity index (χ0v) is 9.48. The van der Waals surface area contributed by atoms with Crippen molar-refractivity contribution < 1.29 is 0 Å². The van der Waals surface area contributed by atoms with Crippen LogP contribution in [0.5, 0.6) is 0 Å². The van der Waals surface area contributed by atoms with Gasteiger partial charge < -0.3 is 0 Å². The van der Waals surface area contributed by atoms with Crippen molar-refractivity contribution in [2.24, 2.45) is 0 Å². The summed E-state index contributed by atoms with van der Waals surface area (Å²) in [6.07, 6.45) is 1.75. The summed E-state index contributed by atoms with van der Waals surface area (Å²) in [4.78, 5) is 0. The van der Waals surface area contributed by atoms with Crippen LogP contribution in [0.1, 0.15) is 11.3 Å². The fourth-order valence-electron chi connectivity index (χ4n) is 1.37. The molecule has 0 aliphatic rings. The van der Waals surface area contributed by atoms with E-state index in [1.54, 1.807) is 12.3 Å². The molecule has 0 radical (unpaired) electrons. The molecule has 15 heavy (non-hydrogen) atoms. The predicted molar refractivity (Wildman–Crippen MR) is 60.9 cm³/mol. The smallest absolute Gasteiger partial charge is 0.0992 e. The summed E-state index contributed by atoms with van der Waals surface area (Å²) in [5.41, 5.74) is 2.61. The number of aromatic nitrogens is 2. The molecule has 4 heteroatoms. The van der Waals surface area contributed by atoms with Crippen LogP contribution < -0.4 is 0 Å². The fraction of sp³-hybridized carbons (Fsp3) is 0.0909. The molecule has 1 aromatic heterocycles. The molecule has 0 bridgehead atoms. The van der Waals surface area contributed by atoms with Gasteiger partial charge in [-0.2, -0.15) is 10.4 Å². The zero-order valence-electron chi connectivity index (χ0n) is 7.89. The van der Waals surface area contributed by atoms with Gasteiger partial charge in [-0.15, -0.1) is 0 Å². The Balaban J connectivity index is 2.50. The third-order valence-electron chi connectivity index (χ3n) is 2.08. The zero-order chi connectivity index (χ0) is 10.7. The van der Waals surface area contributed by atoms with Crippen molar-refractivity contribution in [3.8, 4) is 11.8 Å². The fourth-order valence-corrected chi connectivity index (χ4v) is 1.80. The second-order valence-corrected chi connectivity index (χ2v) is 3.59. The molecule has 0 spiro atoms. The van der Waals surface area contributed by atoms with Gasteiger partial charge in [-0.05, 0) is 24.3 Å². The van der Waals surface area contributed by atoms with Gasteiger partial charge in [0.15, 0.2) is 0 Å². The molecular formula is C11H8BrN3. The second-order valence-electron chi connectivity index (χ2n) is 3.03. The van der Waals surface area contributed by atoms with Crippen LogP contribution in [0, 0.1) is 11.3 Å². The van der Waals surface area contributed by atoms with Crippen molar-refractivity contribution in [1.82, 2.24) is 9.78 Å². The lowest BCUT2D eigenvalue weighted by Crippen LogP contribution is -2.00. The Labute approximate surface area is 96.1 Å². The number of hydrogen-bond acceptors (Lipinski definition) is 2. The van der Waals surface area contributed by atoms with E-state index >= 15 is 0 Å². The lowest BCUT2D eigenvalue weighted by atomic mass is 10.2. The molecule has 0 fully saturated rings. The Bertz CT molecular complexity index is 511. The summed E-state index contributed by atoms with van der Waals surface area (Å²) >= 11 is 3.39. The standard InChI is InChI=1S/C11H8BrN3/c12-7-11-4-5-14-15(11)10-3-1-2-9(6-10)8-13/h1-6H,7H2. The second kappa shape index (κ2) is 4.28. The summed E-state index contributed by atoms with van der Waals surface area (Å²) in [6.45, 7) is 0. The molecule has 2 rings (SSSR count). The van der Waals surface area contributed by atoms with E-state index in [0.717, 1.165) is 16.7 Å². The van der Waals surface area contributed by atoms with E-state index in [4.69, 9.17) is 5.26 Å². The van der Waals surface area contributed by atoms with Crippen molar-refractivity contribution in [2.45, 2.75) is 5.33 Å². The molecular weight excluding hydrogens is 254 g/mol. The number of alkyl halides is 1. The molecule has 0 N–H and O–H groups in total. The van der Waals surface area contributed by atoms with E-state index < -0.39 is 0 Å². The first-order chi connectivity index (χ1) is 7.35. The van der Waals surface area contributed by atoms with Gasteiger partial charge in [-0.1, -0.05) is 22.0 Å². The Hall–Kier alpha value is -1.60. The van der Waals surface area contributed by atoms with Gasteiger partial charge in [0.25, 0.3) is 0 Å². The van der Waals surface area contributed by atoms with Crippen molar-refractivity contribution in [3.05, 3.63) is 47.8 Å². The van der Waals surface area contributed by atoms with Crippen LogP contribution >= 0.6 is 15.9 Å². The van der Waals surface area contributed by atoms with E-state index in [-0.39, 0.29) is 0 Å². The minimum atomic E-state index is 0.642. The maximum atomic E-state index is 8.80. The molecule has 1 heterocycles. The molecule has 1 aromatic carbocycles. The molecule has 0 unspecified atom stereocenters. The van der Waals surface area contributed by atoms with Gasteiger partial charge in [0, 0.05) is 11.5 Å². The molecule has 0 saturated heterocycles. The summed E-state index contributed by atoms with van der Waals surface area (Å²) in [6, 6.07) is 11.4. The van der Waals surface area contributed by atoms with Gasteiger partial charge in [0.05, 0.1) is 23.0 Å². The first kappa shape index (κ1) is 9.94. The van der Waals surface area contributed by atoms with Gasteiger partial charge in [-0.25, -0.2) is 4.68 Å². The van der Waals surface area contributed by atoms with Crippen LogP contribution in [0.25, 0.3) is 5.69 Å². The number of nitriles is 1. The van der Waals surface area contributed by atoms with E-state index in [9.17, 15) is 0 Å². The largest absolute Gasteiger partial charge is 0.237 e. The number of benzene rings is 1. The van der Waals surface area contributed by atoms with E-state index in [1.807, 2.05) is 28.9 Å². The van der Waals surface area contributed by atoms with Crippen molar-refractivity contribution in [1.29, 1.82) is 5.26 Å². The van der Waals surface area contributed by atoms with Gasteiger partial charge in [0.2, 0.25) is 0 Å². The summed E-state index contributed by atoms with van der Waals surface area (Å²) in [7, 11) is 0. The molecule has 0 saturated carbocycles. The Morgan fingerprint density at radius 3 is 3.00 bits per heavy atom. The summed E-state index contributed by atoms with van der Waals surface area (Å²) in [5, 5.41) is 13.7. The maximum absolute atomic E-state index is 8.80. The minimum Gasteiger partial charge on any atom is -0.237 e. The molecule has 0 aliphatic carbocycles. The Morgan fingerprint density at radius 2 is 2.27 bits per heavy atom. The van der Waals surface area contributed by atoms with Gasteiger partial charge >= 0.3 is 0 Å². The number of hydrogen-bond donors (Lipinski definition) is 0. The van der Waals surface area contributed by atoms with Crippen LogP contribution in [0.4, 0.5) is 0 Å². The molecule has 74 valence electrons. The molecule has 0 amide bonds. The lowest BCUT2D eigenvalue weighted by Gasteiger charge is -2.04. The average Bonchev–Trinajstić information content (AvgIpc) is 2.77. The van der Waals surface area contributed by atoms with E-state index in [2.05, 4.69) is 27.1 Å². The molecule has 0 aliphatic heterocycles. The summed E-state index contributed by atoms with van der Waals surface area (Å²) in [5.74, 6) is 0. The average molecular weight is 262 g/mol. The first-order valence-electron chi connectivity index (χ1n) is 4.44. The molecule has 2 aromatic rings. The van der Waals surface area contributed by atoms with Crippen LogP contribution in [-0.4, -0.2) is 9.78 Å². The molecule has 0 atom stereocenters. The SMILES string of the molecule is N#Cc1cccc(-n2nccc2CBr)c1. The highest BCUT2D eigenvalue weighted by molar-refractivity contribution is 9.08. The van der Waals surface area contributed by atoms with E-state index in [1.165, 1.54) is 0 Å². The quantitative estimate of drug-likeness (QED) is 0.780. The highest BCUT2D eigenvalue weighted by Gasteiger charge is 2.03. The van der Waals surface area contributed by atoms with Crippen LogP contribution in [0.2, 0.25) is 0 Å². The summed E-state index contributed by atoms with van der Waals surface area (Å²) < 4.78 is 1.82. The monoisotopic (exact) mass is 261 g/mol. The topological polar surface area (TPSA) is 41.6 Å². The predicted octanol–water partition coefficient (Wildman–Crippen LogP) is 2.64. The third kappa shape index (κ3) is 1.92. The first-order valence-corrected chi connectivity index (χ1v) is 5.56. The van der Waals surface area contributed by atoms with Gasteiger partial charge in [-0.3, -0.25) is 0 Å². The minimum absolute atomic E-state index is 0.642. The normalized spacial score (nSPS) is 9.87. The lowest BCUT2D eigenvalue weighted by molar-refractivity contribution is 0.843. The number of halogens is 1.